The third-order valence-electron chi connectivity index (χ3n) is 18.0. The highest BCUT2D eigenvalue weighted by molar-refractivity contribution is 7.47. The molecule has 0 aromatic carbocycles. The Morgan fingerprint density at radius 1 is 0.281 bits per heavy atom. The lowest BCUT2D eigenvalue weighted by Gasteiger charge is -2.21. The second-order valence-corrected chi connectivity index (χ2v) is 31.1. The van der Waals surface area contributed by atoms with Crippen LogP contribution < -0.4 is 0 Å². The number of aliphatic hydroxyl groups excluding tert-OH is 1. The summed E-state index contributed by atoms with van der Waals surface area (Å²) < 4.78 is 68.5. The van der Waals surface area contributed by atoms with Gasteiger partial charge in [0.15, 0.2) is 12.2 Å². The minimum atomic E-state index is -4.96. The van der Waals surface area contributed by atoms with Crippen LogP contribution in [-0.2, 0) is 65.4 Å². The van der Waals surface area contributed by atoms with Crippen molar-refractivity contribution in [2.75, 3.05) is 39.6 Å². The van der Waals surface area contributed by atoms with Crippen molar-refractivity contribution in [3.63, 3.8) is 0 Å². The number of unbranched alkanes of at least 4 members (excludes halogenated alkanes) is 49. The Kier molecular flexibility index (Phi) is 68.7. The standard InChI is InChI=1S/C77H150O17P2/c1-6-9-12-15-18-21-24-26-28-29-30-31-32-34-36-39-42-47-53-58-63-77(82)93-72(66-87-74(79)60-55-50-45-40-38-35-33-27-25-22-19-16-13-10-7-2)68-91-95(83,84)89-64-71(78)65-90-96(85,86)92-69-73(67-88-75(80)61-56-51-48-43-44-49-54-59-70(4)5)94-76(81)62-57-52-46-41-37-23-20-17-14-11-8-3/h70-73,78H,6-69H2,1-5H3,(H,83,84)(H,85,86)/t71-,72-,73-/m1/s1. The van der Waals surface area contributed by atoms with Crippen LogP contribution in [0.25, 0.3) is 0 Å². The van der Waals surface area contributed by atoms with Crippen LogP contribution in [0, 0.1) is 5.92 Å². The molecule has 0 saturated carbocycles. The van der Waals surface area contributed by atoms with E-state index in [0.717, 1.165) is 96.3 Å². The molecule has 0 heterocycles. The molecule has 3 N–H and O–H groups in total. The quantitative estimate of drug-likeness (QED) is 0.0222. The lowest BCUT2D eigenvalue weighted by molar-refractivity contribution is -0.161. The zero-order chi connectivity index (χ0) is 70.5. The van der Waals surface area contributed by atoms with Crippen LogP contribution in [0.2, 0.25) is 0 Å². The largest absolute Gasteiger partial charge is 0.472 e. The first-order valence-electron chi connectivity index (χ1n) is 40.1. The molecule has 0 aliphatic rings. The Morgan fingerprint density at radius 2 is 0.479 bits per heavy atom. The summed E-state index contributed by atoms with van der Waals surface area (Å²) in [5.41, 5.74) is 0. The van der Waals surface area contributed by atoms with Crippen molar-refractivity contribution >= 4 is 39.5 Å². The fourth-order valence-corrected chi connectivity index (χ4v) is 13.5. The topological polar surface area (TPSA) is 237 Å². The number of carbonyl (C=O) groups is 4. The van der Waals surface area contributed by atoms with E-state index in [2.05, 4.69) is 34.6 Å². The number of phosphoric ester groups is 2. The zero-order valence-electron chi connectivity index (χ0n) is 62.5. The average molecular weight is 1410 g/mol. The Morgan fingerprint density at radius 3 is 0.708 bits per heavy atom. The van der Waals surface area contributed by atoms with Crippen molar-refractivity contribution < 1.29 is 80.2 Å². The normalized spacial score (nSPS) is 13.9. The molecule has 0 bridgehead atoms. The molecule has 0 radical (unpaired) electrons. The van der Waals surface area contributed by atoms with E-state index in [1.165, 1.54) is 225 Å². The summed E-state index contributed by atoms with van der Waals surface area (Å²) in [6.07, 6.45) is 59.8. The van der Waals surface area contributed by atoms with E-state index < -0.39 is 97.5 Å². The van der Waals surface area contributed by atoms with Crippen LogP contribution in [0.5, 0.6) is 0 Å². The number of hydrogen-bond donors (Lipinski definition) is 3. The van der Waals surface area contributed by atoms with E-state index in [0.29, 0.717) is 31.6 Å². The third-order valence-corrected chi connectivity index (χ3v) is 19.9. The van der Waals surface area contributed by atoms with Gasteiger partial charge in [0.2, 0.25) is 0 Å². The number of rotatable bonds is 77. The summed E-state index contributed by atoms with van der Waals surface area (Å²) in [6.45, 7) is 7.24. The molecule has 0 aliphatic heterocycles. The van der Waals surface area contributed by atoms with Gasteiger partial charge in [0.1, 0.15) is 19.3 Å². The highest BCUT2D eigenvalue weighted by Gasteiger charge is 2.30. The predicted molar refractivity (Wildman–Crippen MR) is 391 cm³/mol. The molecule has 0 spiro atoms. The number of aliphatic hydroxyl groups is 1. The van der Waals surface area contributed by atoms with E-state index in [9.17, 15) is 43.2 Å². The van der Waals surface area contributed by atoms with E-state index in [-0.39, 0.29) is 25.7 Å². The summed E-state index contributed by atoms with van der Waals surface area (Å²) >= 11 is 0. The highest BCUT2D eigenvalue weighted by atomic mass is 31.2. The Labute approximate surface area is 588 Å². The van der Waals surface area contributed by atoms with Crippen molar-refractivity contribution in [3.05, 3.63) is 0 Å². The van der Waals surface area contributed by atoms with Gasteiger partial charge in [-0.3, -0.25) is 37.3 Å². The maximum absolute atomic E-state index is 13.1. The lowest BCUT2D eigenvalue weighted by Crippen LogP contribution is -2.30. The Hall–Kier alpha value is -1.94. The minimum absolute atomic E-state index is 0.107. The monoisotopic (exact) mass is 1410 g/mol. The fraction of sp³-hybridized carbons (Fsp3) is 0.948. The summed E-state index contributed by atoms with van der Waals surface area (Å²) in [5.74, 6) is -1.41. The lowest BCUT2D eigenvalue weighted by atomic mass is 10.0. The molecule has 0 fully saturated rings. The summed E-state index contributed by atoms with van der Waals surface area (Å²) in [7, 11) is -9.91. The second-order valence-electron chi connectivity index (χ2n) is 28.2. The first-order valence-corrected chi connectivity index (χ1v) is 43.1. The molecule has 570 valence electrons. The molecule has 0 amide bonds. The predicted octanol–water partition coefficient (Wildman–Crippen LogP) is 22.9. The van der Waals surface area contributed by atoms with E-state index >= 15 is 0 Å². The molecular formula is C77H150O17P2. The zero-order valence-corrected chi connectivity index (χ0v) is 64.3. The molecule has 0 saturated heterocycles. The van der Waals surface area contributed by atoms with Crippen molar-refractivity contribution in [2.45, 2.75) is 425 Å². The SMILES string of the molecule is CCCCCCCCCCCCCCCCCCCCCCC(=O)O[C@H](COC(=O)CCCCCCCCCCCCCCCCC)COP(=O)(O)OC[C@@H](O)COP(=O)(O)OC[C@@H](COC(=O)CCCCCCCCCC(C)C)OC(=O)CCCCCCCCCCCCC. The Balaban J connectivity index is 5.21. The number of phosphoric acid groups is 2. The summed E-state index contributed by atoms with van der Waals surface area (Å²) in [4.78, 5) is 72.8. The number of esters is 4. The van der Waals surface area contributed by atoms with Gasteiger partial charge in [0.25, 0.3) is 0 Å². The second kappa shape index (κ2) is 70.1. The van der Waals surface area contributed by atoms with Gasteiger partial charge in [-0.05, 0) is 31.6 Å². The van der Waals surface area contributed by atoms with E-state index in [1.54, 1.807) is 0 Å². The molecule has 0 aliphatic carbocycles. The molecule has 0 aromatic heterocycles. The molecule has 2 unspecified atom stereocenters. The number of carbonyl (C=O) groups excluding carboxylic acids is 4. The van der Waals surface area contributed by atoms with Crippen molar-refractivity contribution in [1.82, 2.24) is 0 Å². The van der Waals surface area contributed by atoms with Gasteiger partial charge in [-0.15, -0.1) is 0 Å². The Bertz CT molecular complexity index is 1840. The van der Waals surface area contributed by atoms with Gasteiger partial charge >= 0.3 is 39.5 Å². The van der Waals surface area contributed by atoms with Gasteiger partial charge in [0, 0.05) is 25.7 Å². The van der Waals surface area contributed by atoms with Crippen molar-refractivity contribution in [3.8, 4) is 0 Å². The molecular weight excluding hydrogens is 1260 g/mol. The highest BCUT2D eigenvalue weighted by Crippen LogP contribution is 2.45. The third kappa shape index (κ3) is 70.5. The van der Waals surface area contributed by atoms with Crippen LogP contribution in [0.3, 0.4) is 0 Å². The fourth-order valence-electron chi connectivity index (χ4n) is 11.9. The van der Waals surface area contributed by atoms with Crippen molar-refractivity contribution in [1.29, 1.82) is 0 Å². The van der Waals surface area contributed by atoms with Crippen LogP contribution in [-0.4, -0.2) is 96.7 Å². The molecule has 0 aromatic rings. The maximum atomic E-state index is 13.1. The molecule has 19 heteroatoms. The van der Waals surface area contributed by atoms with Crippen LogP contribution in [0.4, 0.5) is 0 Å². The molecule has 5 atom stereocenters. The maximum Gasteiger partial charge on any atom is 0.472 e. The number of hydrogen-bond acceptors (Lipinski definition) is 15. The van der Waals surface area contributed by atoms with E-state index in [1.807, 2.05) is 0 Å². The smallest absolute Gasteiger partial charge is 0.462 e. The van der Waals surface area contributed by atoms with Crippen molar-refractivity contribution in [2.24, 2.45) is 5.92 Å². The van der Waals surface area contributed by atoms with Crippen LogP contribution in [0.15, 0.2) is 0 Å². The molecule has 96 heavy (non-hydrogen) atoms. The summed E-state index contributed by atoms with van der Waals surface area (Å²) in [5, 5.41) is 10.6. The van der Waals surface area contributed by atoms with Gasteiger partial charge in [-0.25, -0.2) is 9.13 Å². The van der Waals surface area contributed by atoms with Gasteiger partial charge < -0.3 is 33.8 Å². The molecule has 0 rings (SSSR count). The van der Waals surface area contributed by atoms with Crippen LogP contribution in [0.1, 0.15) is 407 Å². The number of ether oxygens (including phenoxy) is 4. The first kappa shape index (κ1) is 94.1. The van der Waals surface area contributed by atoms with E-state index in [4.69, 9.17) is 37.0 Å². The first-order chi connectivity index (χ1) is 46.5. The van der Waals surface area contributed by atoms with Gasteiger partial charge in [-0.2, -0.15) is 0 Å². The summed E-state index contributed by atoms with van der Waals surface area (Å²) in [6, 6.07) is 0. The average Bonchev–Trinajstić information content (AvgIpc) is 1.17. The van der Waals surface area contributed by atoms with Gasteiger partial charge in [0.05, 0.1) is 26.4 Å². The van der Waals surface area contributed by atoms with Crippen LogP contribution >= 0.6 is 15.6 Å². The minimum Gasteiger partial charge on any atom is -0.462 e. The van der Waals surface area contributed by atoms with Gasteiger partial charge in [-0.1, -0.05) is 356 Å². The molecule has 17 nitrogen and oxygen atoms in total.